The Morgan fingerprint density at radius 2 is 2.07 bits per heavy atom. The molecule has 2 atom stereocenters. The Morgan fingerprint density at radius 3 is 2.81 bits per heavy atom. The zero-order chi connectivity index (χ0) is 19.4. The summed E-state index contributed by atoms with van der Waals surface area (Å²) in [6.45, 7) is 1.19. The van der Waals surface area contributed by atoms with Crippen LogP contribution in [-0.2, 0) is 21.2 Å². The van der Waals surface area contributed by atoms with Gasteiger partial charge in [-0.3, -0.25) is 9.18 Å². The number of methoxy groups -OCH3 is 1. The fourth-order valence-electron chi connectivity index (χ4n) is 4.08. The number of carbonyl (C=O) groups excluding carboxylic acids is 1. The lowest BCUT2D eigenvalue weighted by atomic mass is 10.0. The zero-order valence-electron chi connectivity index (χ0n) is 15.6. The molecule has 1 aromatic carbocycles. The first-order valence-corrected chi connectivity index (χ1v) is 10.9. The van der Waals surface area contributed by atoms with Crippen LogP contribution in [0.25, 0.3) is 0 Å². The first-order valence-electron chi connectivity index (χ1n) is 9.41. The second-order valence-electron chi connectivity index (χ2n) is 7.20. The van der Waals surface area contributed by atoms with Gasteiger partial charge in [0.1, 0.15) is 5.75 Å². The summed E-state index contributed by atoms with van der Waals surface area (Å²) in [5.41, 5.74) is 1.04. The number of carbonyl (C=O) groups is 1. The second-order valence-corrected chi connectivity index (χ2v) is 9.35. The summed E-state index contributed by atoms with van der Waals surface area (Å²) in [7, 11) is -1.76. The minimum Gasteiger partial charge on any atom is -0.497 e. The summed E-state index contributed by atoms with van der Waals surface area (Å²) >= 11 is 0. The van der Waals surface area contributed by atoms with E-state index in [1.807, 2.05) is 24.3 Å². The Bertz CT molecular complexity index is 771. The van der Waals surface area contributed by atoms with Crippen molar-refractivity contribution >= 4 is 15.9 Å². The Balaban J connectivity index is 1.62. The van der Waals surface area contributed by atoms with Crippen LogP contribution in [0, 0.1) is 5.92 Å². The summed E-state index contributed by atoms with van der Waals surface area (Å²) in [5.74, 6) is 0.577. The number of halogens is 1. The van der Waals surface area contributed by atoms with Crippen LogP contribution in [0.3, 0.4) is 0 Å². The normalized spacial score (nSPS) is 25.0. The lowest BCUT2D eigenvalue weighted by Crippen LogP contribution is -2.35. The van der Waals surface area contributed by atoms with Crippen molar-refractivity contribution in [3.63, 3.8) is 0 Å². The van der Waals surface area contributed by atoms with Gasteiger partial charge in [-0.05, 0) is 42.9 Å². The standard InChI is InChI=1S/C19H27FN2O4S/c1-26-17-4-2-3-15(13-17)6-12-22-14-16-7-10-21(19(23)5-9-20)11-8-18(16)27(22,24)25/h2-4,13,16,18H,5-12,14H2,1H3. The SMILES string of the molecule is COc1cccc(CCN2CC3CCN(C(=O)CCF)CCC3S2(=O)=O)c1. The maximum atomic E-state index is 13.0. The molecule has 2 unspecified atom stereocenters. The van der Waals surface area contributed by atoms with Gasteiger partial charge in [0, 0.05) is 26.2 Å². The molecule has 27 heavy (non-hydrogen) atoms. The van der Waals surface area contributed by atoms with E-state index in [0.717, 1.165) is 11.3 Å². The number of sulfonamides is 1. The van der Waals surface area contributed by atoms with Crippen molar-refractivity contribution in [3.05, 3.63) is 29.8 Å². The van der Waals surface area contributed by atoms with E-state index >= 15 is 0 Å². The molecule has 0 bridgehead atoms. The van der Waals surface area contributed by atoms with Crippen LogP contribution in [-0.4, -0.2) is 68.7 Å². The molecule has 3 rings (SSSR count). The highest BCUT2D eigenvalue weighted by Crippen LogP contribution is 2.34. The molecule has 0 N–H and O–H groups in total. The maximum Gasteiger partial charge on any atom is 0.225 e. The van der Waals surface area contributed by atoms with Crippen molar-refractivity contribution in [1.82, 2.24) is 9.21 Å². The van der Waals surface area contributed by atoms with E-state index in [-0.39, 0.29) is 18.2 Å². The zero-order valence-corrected chi connectivity index (χ0v) is 16.5. The molecule has 2 heterocycles. The molecule has 2 fully saturated rings. The molecular formula is C19H27FN2O4S. The van der Waals surface area contributed by atoms with Crippen LogP contribution in [0.4, 0.5) is 4.39 Å². The smallest absolute Gasteiger partial charge is 0.225 e. The minimum absolute atomic E-state index is 0.0310. The van der Waals surface area contributed by atoms with Gasteiger partial charge in [0.15, 0.2) is 0 Å². The quantitative estimate of drug-likeness (QED) is 0.734. The monoisotopic (exact) mass is 398 g/mol. The van der Waals surface area contributed by atoms with E-state index < -0.39 is 21.9 Å². The Labute approximate surface area is 160 Å². The molecule has 0 aromatic heterocycles. The number of amides is 1. The van der Waals surface area contributed by atoms with Gasteiger partial charge in [0.2, 0.25) is 15.9 Å². The number of likely N-dealkylation sites (tertiary alicyclic amines) is 1. The number of rotatable bonds is 6. The van der Waals surface area contributed by atoms with E-state index in [4.69, 9.17) is 4.74 Å². The summed E-state index contributed by atoms with van der Waals surface area (Å²) < 4.78 is 45.2. The van der Waals surface area contributed by atoms with Crippen molar-refractivity contribution in [1.29, 1.82) is 0 Å². The molecule has 2 aliphatic heterocycles. The molecular weight excluding hydrogens is 371 g/mol. The van der Waals surface area contributed by atoms with Crippen molar-refractivity contribution in [2.45, 2.75) is 30.9 Å². The fraction of sp³-hybridized carbons (Fsp3) is 0.632. The van der Waals surface area contributed by atoms with Crippen molar-refractivity contribution in [2.75, 3.05) is 40.0 Å². The molecule has 0 radical (unpaired) electrons. The topological polar surface area (TPSA) is 66.9 Å². The number of fused-ring (bicyclic) bond motifs is 1. The highest BCUT2D eigenvalue weighted by molar-refractivity contribution is 7.90. The molecule has 150 valence electrons. The third-order valence-corrected chi connectivity index (χ3v) is 8.04. The number of benzene rings is 1. The molecule has 0 spiro atoms. The van der Waals surface area contributed by atoms with Crippen LogP contribution in [0.15, 0.2) is 24.3 Å². The van der Waals surface area contributed by atoms with Gasteiger partial charge in [-0.15, -0.1) is 0 Å². The largest absolute Gasteiger partial charge is 0.497 e. The second kappa shape index (κ2) is 8.56. The van der Waals surface area contributed by atoms with Crippen LogP contribution < -0.4 is 4.74 Å². The number of ether oxygens (including phenoxy) is 1. The van der Waals surface area contributed by atoms with Crippen molar-refractivity contribution in [2.24, 2.45) is 5.92 Å². The lowest BCUT2D eigenvalue weighted by molar-refractivity contribution is -0.131. The number of alkyl halides is 1. The van der Waals surface area contributed by atoms with Gasteiger partial charge in [-0.1, -0.05) is 12.1 Å². The van der Waals surface area contributed by atoms with Gasteiger partial charge in [-0.2, -0.15) is 0 Å². The maximum absolute atomic E-state index is 13.0. The highest BCUT2D eigenvalue weighted by Gasteiger charge is 2.46. The molecule has 0 saturated carbocycles. The van der Waals surface area contributed by atoms with E-state index in [2.05, 4.69) is 0 Å². The predicted molar refractivity (Wildman–Crippen MR) is 101 cm³/mol. The van der Waals surface area contributed by atoms with Crippen molar-refractivity contribution in [3.8, 4) is 5.75 Å². The summed E-state index contributed by atoms with van der Waals surface area (Å²) in [6.07, 6.45) is 1.60. The average Bonchev–Trinajstić information content (AvgIpc) is 2.79. The Morgan fingerprint density at radius 1 is 1.30 bits per heavy atom. The van der Waals surface area contributed by atoms with E-state index in [1.165, 1.54) is 0 Å². The lowest BCUT2D eigenvalue weighted by Gasteiger charge is -2.22. The highest BCUT2D eigenvalue weighted by atomic mass is 32.2. The molecule has 1 aromatic rings. The first kappa shape index (κ1) is 20.1. The summed E-state index contributed by atoms with van der Waals surface area (Å²) in [4.78, 5) is 13.5. The number of nitrogens with zero attached hydrogens (tertiary/aromatic N) is 2. The van der Waals surface area contributed by atoms with Gasteiger partial charge < -0.3 is 9.64 Å². The van der Waals surface area contributed by atoms with Gasteiger partial charge in [0.05, 0.1) is 25.5 Å². The van der Waals surface area contributed by atoms with Crippen molar-refractivity contribution < 1.29 is 22.3 Å². The molecule has 2 aliphatic rings. The Kier molecular flexibility index (Phi) is 6.37. The Hall–Kier alpha value is -1.67. The van der Waals surface area contributed by atoms with Crippen LogP contribution in [0.5, 0.6) is 5.75 Å². The van der Waals surface area contributed by atoms with Crippen LogP contribution in [0.2, 0.25) is 0 Å². The number of hydrogen-bond donors (Lipinski definition) is 0. The van der Waals surface area contributed by atoms with Gasteiger partial charge in [0.25, 0.3) is 0 Å². The molecule has 6 nitrogen and oxygen atoms in total. The summed E-state index contributed by atoms with van der Waals surface area (Å²) in [5, 5.41) is -0.439. The third kappa shape index (κ3) is 4.43. The predicted octanol–water partition coefficient (Wildman–Crippen LogP) is 1.85. The van der Waals surface area contributed by atoms with E-state index in [9.17, 15) is 17.6 Å². The number of hydrogen-bond acceptors (Lipinski definition) is 4. The van der Waals surface area contributed by atoms with Gasteiger partial charge >= 0.3 is 0 Å². The average molecular weight is 399 g/mol. The first-order chi connectivity index (χ1) is 13.0. The van der Waals surface area contributed by atoms with E-state index in [1.54, 1.807) is 16.3 Å². The molecule has 0 aliphatic carbocycles. The molecule has 1 amide bonds. The third-order valence-electron chi connectivity index (χ3n) is 5.60. The molecule has 2 saturated heterocycles. The fourth-order valence-corrected chi connectivity index (χ4v) is 6.32. The van der Waals surface area contributed by atoms with Crippen LogP contribution in [0.1, 0.15) is 24.8 Å². The summed E-state index contributed by atoms with van der Waals surface area (Å²) in [6, 6.07) is 7.66. The minimum atomic E-state index is -3.37. The molecule has 8 heteroatoms. The van der Waals surface area contributed by atoms with E-state index in [0.29, 0.717) is 45.4 Å². The van der Waals surface area contributed by atoms with Gasteiger partial charge in [-0.25, -0.2) is 12.7 Å². The van der Waals surface area contributed by atoms with Crippen LogP contribution >= 0.6 is 0 Å².